The second-order valence-electron chi connectivity index (χ2n) is 11.9. The smallest absolute Gasteiger partial charge is 0.130 e. The standard InChI is InChI=1S/C42H37NO/c1-43-40(26-21-30-19-22-32(23-20-30)31-11-3-2-4-12-31)34-24-25-39-37(28-34)29-36-15-7-10-18-42(36)44-41-17-9-6-14-35(41)27-33-13-5-8-16-38(33)39/h2-6,8-14,16-19,22-26,28,30H,1,7,15,20-21,27,29H2/b40-26-. The second-order valence-corrected chi connectivity index (χ2v) is 11.9. The van der Waals surface area contributed by atoms with Crippen LogP contribution in [0.2, 0.25) is 0 Å². The van der Waals surface area contributed by atoms with Gasteiger partial charge in [-0.05, 0) is 107 Å². The summed E-state index contributed by atoms with van der Waals surface area (Å²) in [7, 11) is 0. The molecule has 4 aromatic rings. The summed E-state index contributed by atoms with van der Waals surface area (Å²) in [5.74, 6) is 2.37. The van der Waals surface area contributed by atoms with Gasteiger partial charge in [0.1, 0.15) is 11.5 Å². The van der Waals surface area contributed by atoms with Gasteiger partial charge >= 0.3 is 0 Å². The van der Waals surface area contributed by atoms with Crippen molar-refractivity contribution < 1.29 is 4.74 Å². The van der Waals surface area contributed by atoms with Crippen molar-refractivity contribution in [2.75, 3.05) is 0 Å². The third kappa shape index (κ3) is 5.94. The number of nitrogens with zero attached hydrogens (tertiary/aromatic N) is 1. The van der Waals surface area contributed by atoms with Crippen molar-refractivity contribution in [3.8, 4) is 16.9 Å². The Bertz CT molecular complexity index is 1850. The van der Waals surface area contributed by atoms with Gasteiger partial charge in [-0.2, -0.15) is 0 Å². The minimum absolute atomic E-state index is 0.451. The van der Waals surface area contributed by atoms with E-state index >= 15 is 0 Å². The van der Waals surface area contributed by atoms with Crippen molar-refractivity contribution in [3.63, 3.8) is 0 Å². The fourth-order valence-electron chi connectivity index (χ4n) is 6.59. The number of para-hydroxylation sites is 1. The van der Waals surface area contributed by atoms with Crippen molar-refractivity contribution >= 4 is 18.0 Å². The molecule has 44 heavy (non-hydrogen) atoms. The number of aliphatic imine (C=N–C) groups is 1. The number of rotatable bonds is 5. The van der Waals surface area contributed by atoms with Crippen LogP contribution in [0.25, 0.3) is 22.4 Å². The molecule has 2 nitrogen and oxygen atoms in total. The van der Waals surface area contributed by atoms with Gasteiger partial charge in [-0.15, -0.1) is 0 Å². The highest BCUT2D eigenvalue weighted by Crippen LogP contribution is 2.37. The van der Waals surface area contributed by atoms with E-state index in [1.807, 2.05) is 0 Å². The average Bonchev–Trinajstić information content (AvgIpc) is 3.10. The molecule has 1 atom stereocenters. The number of hydrogen-bond donors (Lipinski definition) is 0. The summed E-state index contributed by atoms with van der Waals surface area (Å²) in [6, 6.07) is 34.7. The Morgan fingerprint density at radius 2 is 1.61 bits per heavy atom. The fourth-order valence-corrected chi connectivity index (χ4v) is 6.59. The highest BCUT2D eigenvalue weighted by molar-refractivity contribution is 5.77. The lowest BCUT2D eigenvalue weighted by atomic mass is 9.87. The van der Waals surface area contributed by atoms with Crippen molar-refractivity contribution in [1.29, 1.82) is 0 Å². The molecule has 0 spiro atoms. The van der Waals surface area contributed by atoms with E-state index in [0.29, 0.717) is 5.92 Å². The van der Waals surface area contributed by atoms with Gasteiger partial charge in [-0.3, -0.25) is 4.99 Å². The quantitative estimate of drug-likeness (QED) is 0.218. The molecule has 2 aliphatic carbocycles. The topological polar surface area (TPSA) is 21.6 Å². The zero-order valence-electron chi connectivity index (χ0n) is 25.1. The second kappa shape index (κ2) is 12.7. The van der Waals surface area contributed by atoms with Crippen molar-refractivity contribution in [3.05, 3.63) is 173 Å². The van der Waals surface area contributed by atoms with Crippen LogP contribution in [0.4, 0.5) is 0 Å². The molecular formula is C42H37NO. The van der Waals surface area contributed by atoms with Gasteiger partial charge in [0.15, 0.2) is 0 Å². The number of ether oxygens (including phenoxy) is 1. The largest absolute Gasteiger partial charge is 0.457 e. The summed E-state index contributed by atoms with van der Waals surface area (Å²) in [6.45, 7) is 3.98. The third-order valence-electron chi connectivity index (χ3n) is 9.00. The first-order valence-electron chi connectivity index (χ1n) is 15.7. The lowest BCUT2D eigenvalue weighted by Crippen LogP contribution is -2.06. The molecule has 1 heterocycles. The normalized spacial score (nSPS) is 17.7. The van der Waals surface area contributed by atoms with E-state index in [4.69, 9.17) is 4.74 Å². The summed E-state index contributed by atoms with van der Waals surface area (Å²) in [4.78, 5) is 4.52. The Morgan fingerprint density at radius 1 is 0.818 bits per heavy atom. The molecule has 0 aromatic heterocycles. The number of fused-ring (bicyclic) bond motifs is 4. The molecule has 3 aliphatic rings. The molecule has 0 saturated heterocycles. The third-order valence-corrected chi connectivity index (χ3v) is 9.00. The van der Waals surface area contributed by atoms with Crippen LogP contribution in [0.5, 0.6) is 5.75 Å². The molecule has 0 amide bonds. The molecule has 7 rings (SSSR count). The van der Waals surface area contributed by atoms with Gasteiger partial charge in [0.05, 0.1) is 5.70 Å². The summed E-state index contributed by atoms with van der Waals surface area (Å²) >= 11 is 0. The molecule has 0 saturated carbocycles. The van der Waals surface area contributed by atoms with Crippen LogP contribution in [-0.2, 0) is 12.8 Å². The molecule has 0 bridgehead atoms. The maximum absolute atomic E-state index is 6.64. The van der Waals surface area contributed by atoms with Crippen LogP contribution in [0.3, 0.4) is 0 Å². The zero-order chi connectivity index (χ0) is 29.7. The summed E-state index contributed by atoms with van der Waals surface area (Å²) < 4.78 is 6.64. The van der Waals surface area contributed by atoms with Crippen LogP contribution in [0.15, 0.2) is 150 Å². The fraction of sp³-hybridized carbons (Fsp3) is 0.167. The van der Waals surface area contributed by atoms with Crippen LogP contribution in [-0.4, -0.2) is 6.72 Å². The van der Waals surface area contributed by atoms with Crippen molar-refractivity contribution in [2.24, 2.45) is 10.9 Å². The maximum Gasteiger partial charge on any atom is 0.130 e. The van der Waals surface area contributed by atoms with Gasteiger partial charge < -0.3 is 4.74 Å². The molecule has 0 fully saturated rings. The van der Waals surface area contributed by atoms with Crippen LogP contribution < -0.4 is 4.74 Å². The summed E-state index contributed by atoms with van der Waals surface area (Å²) in [5, 5.41) is 0. The van der Waals surface area contributed by atoms with Crippen LogP contribution in [0, 0.1) is 5.92 Å². The first-order chi connectivity index (χ1) is 21.7. The number of allylic oxidation sites excluding steroid dienone is 8. The monoisotopic (exact) mass is 571 g/mol. The van der Waals surface area contributed by atoms with Crippen LogP contribution >= 0.6 is 0 Å². The van der Waals surface area contributed by atoms with E-state index < -0.39 is 0 Å². The summed E-state index contributed by atoms with van der Waals surface area (Å²) in [5.41, 5.74) is 12.3. The van der Waals surface area contributed by atoms with Gasteiger partial charge in [-0.25, -0.2) is 0 Å². The molecule has 0 radical (unpaired) electrons. The molecule has 0 N–H and O–H groups in total. The minimum Gasteiger partial charge on any atom is -0.457 e. The lowest BCUT2D eigenvalue weighted by molar-refractivity contribution is 0.426. The molecular weight excluding hydrogens is 534 g/mol. The Morgan fingerprint density at radius 3 is 2.45 bits per heavy atom. The Balaban J connectivity index is 1.23. The Labute approximate surface area is 261 Å². The average molecular weight is 572 g/mol. The maximum atomic E-state index is 6.64. The molecule has 1 unspecified atom stereocenters. The lowest BCUT2D eigenvalue weighted by Gasteiger charge is -2.19. The van der Waals surface area contributed by atoms with Gasteiger partial charge in [0.25, 0.3) is 0 Å². The van der Waals surface area contributed by atoms with E-state index in [1.165, 1.54) is 44.5 Å². The van der Waals surface area contributed by atoms with E-state index in [2.05, 4.69) is 145 Å². The number of benzene rings is 4. The molecule has 1 aliphatic heterocycles. The highest BCUT2D eigenvalue weighted by atomic mass is 16.5. The Hall–Kier alpha value is -4.95. The number of hydrogen-bond acceptors (Lipinski definition) is 2. The van der Waals surface area contributed by atoms with E-state index in [9.17, 15) is 0 Å². The molecule has 2 heteroatoms. The predicted octanol–water partition coefficient (Wildman–Crippen LogP) is 10.6. The van der Waals surface area contributed by atoms with E-state index in [0.717, 1.165) is 61.3 Å². The minimum atomic E-state index is 0.451. The van der Waals surface area contributed by atoms with E-state index in [1.54, 1.807) is 0 Å². The van der Waals surface area contributed by atoms with E-state index in [-0.39, 0.29) is 0 Å². The van der Waals surface area contributed by atoms with Gasteiger partial charge in [0, 0.05) is 12.0 Å². The van der Waals surface area contributed by atoms with Crippen molar-refractivity contribution in [1.82, 2.24) is 0 Å². The summed E-state index contributed by atoms with van der Waals surface area (Å²) in [6.07, 6.45) is 19.2. The van der Waals surface area contributed by atoms with Gasteiger partial charge in [0.2, 0.25) is 0 Å². The van der Waals surface area contributed by atoms with Crippen molar-refractivity contribution in [2.45, 2.75) is 38.5 Å². The van der Waals surface area contributed by atoms with Crippen LogP contribution in [0.1, 0.15) is 53.5 Å². The Kier molecular flexibility index (Phi) is 8.06. The molecule has 216 valence electrons. The van der Waals surface area contributed by atoms with Gasteiger partial charge in [-0.1, -0.05) is 115 Å². The highest BCUT2D eigenvalue weighted by Gasteiger charge is 2.20. The SMILES string of the molecule is C=N/C(=C\CC1C=CC(c2ccccc2)=CC1)c1ccc2c(c1)CC1=C(C=CCC1)Oc1ccccc1Cc1ccccc1-2. The molecule has 4 aromatic carbocycles. The first kappa shape index (κ1) is 27.9. The first-order valence-corrected chi connectivity index (χ1v) is 15.7. The zero-order valence-corrected chi connectivity index (χ0v) is 25.1. The predicted molar refractivity (Wildman–Crippen MR) is 185 cm³/mol.